The Morgan fingerprint density at radius 2 is 1.02 bits per heavy atom. The van der Waals surface area contributed by atoms with Crippen LogP contribution < -0.4 is 4.90 Å². The molecule has 2 heteroatoms. The minimum Gasteiger partial charge on any atom is -0.455 e. The Morgan fingerprint density at radius 1 is 0.386 bits per heavy atom. The van der Waals surface area contributed by atoms with Crippen LogP contribution in [0.15, 0.2) is 168 Å². The molecule has 1 aromatic heterocycles. The van der Waals surface area contributed by atoms with Crippen molar-refractivity contribution in [3.05, 3.63) is 164 Å². The molecule has 2 nitrogen and oxygen atoms in total. The minimum atomic E-state index is 0.914. The summed E-state index contributed by atoms with van der Waals surface area (Å²) in [5.74, 6) is 0. The van der Waals surface area contributed by atoms with Crippen LogP contribution >= 0.6 is 0 Å². The maximum atomic E-state index is 6.37. The second-order valence-corrected chi connectivity index (χ2v) is 11.4. The molecule has 0 fully saturated rings. The largest absolute Gasteiger partial charge is 0.455 e. The molecule has 0 aliphatic heterocycles. The molecule has 0 atom stereocenters. The quantitative estimate of drug-likeness (QED) is 0.199. The highest BCUT2D eigenvalue weighted by Gasteiger charge is 2.18. The summed E-state index contributed by atoms with van der Waals surface area (Å²) in [7, 11) is 0. The van der Waals surface area contributed by atoms with Crippen molar-refractivity contribution in [3.63, 3.8) is 0 Å². The zero-order valence-electron chi connectivity index (χ0n) is 23.9. The normalized spacial score (nSPS) is 11.6. The minimum absolute atomic E-state index is 0.914. The topological polar surface area (TPSA) is 16.4 Å². The van der Waals surface area contributed by atoms with Crippen molar-refractivity contribution in [2.24, 2.45) is 0 Å². The fourth-order valence-corrected chi connectivity index (χ4v) is 6.73. The van der Waals surface area contributed by atoms with E-state index in [4.69, 9.17) is 4.42 Å². The first kappa shape index (κ1) is 24.7. The Bertz CT molecular complexity index is 2500. The molecule has 0 saturated carbocycles. The van der Waals surface area contributed by atoms with Crippen LogP contribution in [-0.4, -0.2) is 0 Å². The van der Waals surface area contributed by atoms with Gasteiger partial charge in [-0.05, 0) is 68.9 Å². The van der Waals surface area contributed by atoms with Gasteiger partial charge in [0.2, 0.25) is 0 Å². The average molecular weight is 562 g/mol. The van der Waals surface area contributed by atoms with Gasteiger partial charge in [-0.25, -0.2) is 0 Å². The number of nitrogens with zero attached hydrogens (tertiary/aromatic N) is 1. The van der Waals surface area contributed by atoms with Crippen LogP contribution in [0.3, 0.4) is 0 Å². The molecule has 206 valence electrons. The average Bonchev–Trinajstić information content (AvgIpc) is 3.48. The van der Waals surface area contributed by atoms with Gasteiger partial charge in [-0.1, -0.05) is 127 Å². The van der Waals surface area contributed by atoms with Crippen LogP contribution in [0, 0.1) is 0 Å². The molecule has 0 aliphatic carbocycles. The smallest absolute Gasteiger partial charge is 0.143 e. The number of hydrogen-bond donors (Lipinski definition) is 0. The van der Waals surface area contributed by atoms with Crippen molar-refractivity contribution in [2.45, 2.75) is 0 Å². The second-order valence-electron chi connectivity index (χ2n) is 11.4. The highest BCUT2D eigenvalue weighted by Crippen LogP contribution is 2.43. The number of hydrogen-bond acceptors (Lipinski definition) is 2. The molecule has 0 spiro atoms. The zero-order chi connectivity index (χ0) is 29.0. The number of anilines is 3. The van der Waals surface area contributed by atoms with Crippen LogP contribution in [0.25, 0.3) is 65.4 Å². The van der Waals surface area contributed by atoms with Gasteiger partial charge in [-0.15, -0.1) is 0 Å². The van der Waals surface area contributed by atoms with Crippen LogP contribution in [0.5, 0.6) is 0 Å². The molecule has 1 heterocycles. The predicted molar refractivity (Wildman–Crippen MR) is 186 cm³/mol. The number of para-hydroxylation sites is 2. The van der Waals surface area contributed by atoms with Gasteiger partial charge in [0.05, 0.1) is 5.69 Å². The highest BCUT2D eigenvalue weighted by atomic mass is 16.3. The summed E-state index contributed by atoms with van der Waals surface area (Å²) in [6.45, 7) is 0. The van der Waals surface area contributed by atoms with E-state index in [1.165, 1.54) is 32.3 Å². The van der Waals surface area contributed by atoms with Gasteiger partial charge in [-0.2, -0.15) is 0 Å². The lowest BCUT2D eigenvalue weighted by atomic mass is 9.98. The van der Waals surface area contributed by atoms with Crippen molar-refractivity contribution in [1.82, 2.24) is 0 Å². The van der Waals surface area contributed by atoms with Crippen molar-refractivity contribution >= 4 is 71.3 Å². The Hall–Kier alpha value is -5.86. The summed E-state index contributed by atoms with van der Waals surface area (Å²) in [5, 5.41) is 9.69. The van der Waals surface area contributed by atoms with Crippen LogP contribution in [0.4, 0.5) is 17.1 Å². The molecular formula is C42H27NO. The van der Waals surface area contributed by atoms with Gasteiger partial charge in [0.25, 0.3) is 0 Å². The van der Waals surface area contributed by atoms with E-state index in [0.717, 1.165) is 50.1 Å². The number of furan rings is 1. The molecular weight excluding hydrogens is 534 g/mol. The van der Waals surface area contributed by atoms with Crippen molar-refractivity contribution < 1.29 is 4.42 Å². The number of rotatable bonds is 4. The Balaban J connectivity index is 1.26. The van der Waals surface area contributed by atoms with E-state index < -0.39 is 0 Å². The predicted octanol–water partition coefficient (Wildman–Crippen LogP) is 12.2. The zero-order valence-corrected chi connectivity index (χ0v) is 23.9. The second kappa shape index (κ2) is 9.86. The van der Waals surface area contributed by atoms with E-state index >= 15 is 0 Å². The Morgan fingerprint density at radius 3 is 1.86 bits per heavy atom. The van der Waals surface area contributed by atoms with Gasteiger partial charge in [0.15, 0.2) is 0 Å². The van der Waals surface area contributed by atoms with E-state index in [-0.39, 0.29) is 0 Å². The van der Waals surface area contributed by atoms with Gasteiger partial charge in [-0.3, -0.25) is 0 Å². The first-order valence-corrected chi connectivity index (χ1v) is 15.0. The first-order valence-electron chi connectivity index (χ1n) is 15.0. The molecule has 0 unspecified atom stereocenters. The van der Waals surface area contributed by atoms with Crippen LogP contribution in [0.1, 0.15) is 0 Å². The monoisotopic (exact) mass is 561 g/mol. The summed E-state index contributed by atoms with van der Waals surface area (Å²) >= 11 is 0. The lowest BCUT2D eigenvalue weighted by Crippen LogP contribution is -2.10. The molecule has 0 N–H and O–H groups in total. The van der Waals surface area contributed by atoms with E-state index in [1.54, 1.807) is 0 Å². The summed E-state index contributed by atoms with van der Waals surface area (Å²) in [5.41, 5.74) is 7.43. The highest BCUT2D eigenvalue weighted by molar-refractivity contribution is 6.15. The molecule has 0 amide bonds. The lowest BCUT2D eigenvalue weighted by molar-refractivity contribution is 0.670. The van der Waals surface area contributed by atoms with Crippen LogP contribution in [-0.2, 0) is 0 Å². The van der Waals surface area contributed by atoms with Crippen molar-refractivity contribution in [1.29, 1.82) is 0 Å². The molecule has 44 heavy (non-hydrogen) atoms. The van der Waals surface area contributed by atoms with E-state index in [2.05, 4.69) is 157 Å². The van der Waals surface area contributed by atoms with Crippen LogP contribution in [0.2, 0.25) is 0 Å². The SMILES string of the molecule is c1ccc2cc(N(c3ccc(-c4cccc5c4oc4ccccc45)cc3)c3cc4ccccc4c4ccccc34)ccc2c1. The maximum Gasteiger partial charge on any atom is 0.143 e. The molecule has 0 bridgehead atoms. The molecule has 8 aromatic carbocycles. The maximum absolute atomic E-state index is 6.37. The third-order valence-electron chi connectivity index (χ3n) is 8.82. The molecule has 9 rings (SSSR count). The summed E-state index contributed by atoms with van der Waals surface area (Å²) in [6.07, 6.45) is 0. The molecule has 9 aromatic rings. The fraction of sp³-hybridized carbons (Fsp3) is 0. The van der Waals surface area contributed by atoms with Gasteiger partial charge < -0.3 is 9.32 Å². The van der Waals surface area contributed by atoms with Gasteiger partial charge >= 0.3 is 0 Å². The third-order valence-corrected chi connectivity index (χ3v) is 8.82. The molecule has 0 radical (unpaired) electrons. The summed E-state index contributed by atoms with van der Waals surface area (Å²) in [4.78, 5) is 2.40. The summed E-state index contributed by atoms with van der Waals surface area (Å²) < 4.78 is 6.37. The Kier molecular flexibility index (Phi) is 5.54. The van der Waals surface area contributed by atoms with E-state index in [1.807, 2.05) is 12.1 Å². The fourth-order valence-electron chi connectivity index (χ4n) is 6.73. The van der Waals surface area contributed by atoms with E-state index in [0.29, 0.717) is 0 Å². The third kappa shape index (κ3) is 3.89. The number of fused-ring (bicyclic) bond motifs is 7. The lowest BCUT2D eigenvalue weighted by Gasteiger charge is -2.28. The van der Waals surface area contributed by atoms with E-state index in [9.17, 15) is 0 Å². The molecule has 0 aliphatic rings. The summed E-state index contributed by atoms with van der Waals surface area (Å²) in [6, 6.07) is 58.6. The van der Waals surface area contributed by atoms with Crippen molar-refractivity contribution in [2.75, 3.05) is 4.90 Å². The number of benzene rings is 8. The standard InChI is InChI=1S/C42H27NO/c1-2-11-30-26-33(25-20-28(30)10-1)43(40-27-31-12-3-4-13-34(31)36-14-5-6-15-37(36)40)32-23-21-29(22-24-32)35-17-9-18-39-38-16-7-8-19-41(38)44-42(35)39/h1-27H. The first-order chi connectivity index (χ1) is 21.8. The van der Waals surface area contributed by atoms with Crippen molar-refractivity contribution in [3.8, 4) is 11.1 Å². The molecule has 0 saturated heterocycles. The van der Waals surface area contributed by atoms with Gasteiger partial charge in [0.1, 0.15) is 11.2 Å². The Labute approximate surface area is 255 Å². The van der Waals surface area contributed by atoms with Gasteiger partial charge in [0, 0.05) is 33.1 Å².